The molecule has 2 N–H and O–H groups in total. The van der Waals surface area contributed by atoms with E-state index in [-0.39, 0.29) is 12.1 Å². The summed E-state index contributed by atoms with van der Waals surface area (Å²) in [6, 6.07) is 13.1. The van der Waals surface area contributed by atoms with Gasteiger partial charge >= 0.3 is 0 Å². The van der Waals surface area contributed by atoms with E-state index in [1.54, 1.807) is 12.1 Å². The van der Waals surface area contributed by atoms with Crippen molar-refractivity contribution in [3.63, 3.8) is 0 Å². The Hall–Kier alpha value is -3.28. The van der Waals surface area contributed by atoms with Crippen LogP contribution in [0.25, 0.3) is 21.8 Å². The number of carbonyl (C=O) groups excluding carboxylic acids is 1. The zero-order valence-electron chi connectivity index (χ0n) is 15.8. The quantitative estimate of drug-likeness (QED) is 0.457. The molecule has 4 aromatic rings. The maximum absolute atomic E-state index is 13.7. The summed E-state index contributed by atoms with van der Waals surface area (Å²) >= 11 is 0. The van der Waals surface area contributed by atoms with Crippen LogP contribution in [0, 0.1) is 17.5 Å². The number of aryl methyl sites for hydroxylation is 1. The van der Waals surface area contributed by atoms with E-state index in [2.05, 4.69) is 6.92 Å². The van der Waals surface area contributed by atoms with Gasteiger partial charge in [0, 0.05) is 28.4 Å². The van der Waals surface area contributed by atoms with Crippen LogP contribution in [0.2, 0.25) is 0 Å². The Labute approximate surface area is 165 Å². The number of carbonyl (C=O) groups is 1. The van der Waals surface area contributed by atoms with E-state index in [0.29, 0.717) is 10.9 Å². The zero-order chi connectivity index (χ0) is 20.7. The van der Waals surface area contributed by atoms with Gasteiger partial charge in [-0.1, -0.05) is 31.5 Å². The zero-order valence-corrected chi connectivity index (χ0v) is 15.8. The van der Waals surface area contributed by atoms with Gasteiger partial charge in [0.15, 0.2) is 17.5 Å². The second-order valence-corrected chi connectivity index (χ2v) is 7.13. The highest BCUT2D eigenvalue weighted by molar-refractivity contribution is 6.17. The lowest BCUT2D eigenvalue weighted by atomic mass is 10.0. The lowest BCUT2D eigenvalue weighted by Gasteiger charge is -2.10. The van der Waals surface area contributed by atoms with E-state index in [1.807, 2.05) is 28.8 Å². The molecule has 0 unspecified atom stereocenters. The fourth-order valence-corrected chi connectivity index (χ4v) is 3.89. The number of benzene rings is 3. The van der Waals surface area contributed by atoms with Crippen molar-refractivity contribution >= 4 is 27.7 Å². The maximum Gasteiger partial charge on any atom is 0.249 e. The molecule has 0 spiro atoms. The number of hydrogen-bond acceptors (Lipinski definition) is 1. The highest BCUT2D eigenvalue weighted by Gasteiger charge is 2.18. The van der Waals surface area contributed by atoms with Crippen molar-refractivity contribution in [2.45, 2.75) is 26.3 Å². The van der Waals surface area contributed by atoms with Crippen LogP contribution in [-0.2, 0) is 13.0 Å². The minimum Gasteiger partial charge on any atom is -0.366 e. The van der Waals surface area contributed by atoms with Gasteiger partial charge in [-0.05, 0) is 47.9 Å². The van der Waals surface area contributed by atoms with Gasteiger partial charge < -0.3 is 10.3 Å². The molecule has 0 saturated heterocycles. The van der Waals surface area contributed by atoms with Gasteiger partial charge in [0.1, 0.15) is 0 Å². The van der Waals surface area contributed by atoms with Crippen LogP contribution in [0.4, 0.5) is 13.2 Å². The molecule has 0 radical (unpaired) electrons. The lowest BCUT2D eigenvalue weighted by molar-refractivity contribution is 0.100. The lowest BCUT2D eigenvalue weighted by Crippen LogP contribution is -2.11. The first-order valence-corrected chi connectivity index (χ1v) is 9.37. The fraction of sp³-hybridized carbons (Fsp3) is 0.174. The summed E-state index contributed by atoms with van der Waals surface area (Å²) < 4.78 is 42.7. The highest BCUT2D eigenvalue weighted by Crippen LogP contribution is 2.33. The van der Waals surface area contributed by atoms with Crippen LogP contribution < -0.4 is 5.73 Å². The summed E-state index contributed by atoms with van der Waals surface area (Å²) in [6.45, 7) is 2.20. The minimum atomic E-state index is -1.49. The Balaban J connectivity index is 2.01. The standard InChI is InChI=1S/C23H19F3N2O/c1-2-4-13-7-8-15-20(11-13)28(12-14-9-17(24)22(26)18(25)10-14)19-6-3-5-16(21(15)19)23(27)29/h3,5-11H,2,4,12H2,1H3,(H2,27,29). The van der Waals surface area contributed by atoms with Crippen molar-refractivity contribution in [1.29, 1.82) is 0 Å². The van der Waals surface area contributed by atoms with Crippen LogP contribution in [0.1, 0.15) is 34.8 Å². The Kier molecular flexibility index (Phi) is 4.78. The molecule has 148 valence electrons. The van der Waals surface area contributed by atoms with E-state index in [1.165, 1.54) is 0 Å². The smallest absolute Gasteiger partial charge is 0.249 e. The molecule has 0 atom stereocenters. The Morgan fingerprint density at radius 1 is 0.966 bits per heavy atom. The van der Waals surface area contributed by atoms with Crippen molar-refractivity contribution in [1.82, 2.24) is 4.57 Å². The second-order valence-electron chi connectivity index (χ2n) is 7.13. The van der Waals surface area contributed by atoms with Gasteiger partial charge in [0.05, 0.1) is 5.52 Å². The molecule has 3 nitrogen and oxygen atoms in total. The summed E-state index contributed by atoms with van der Waals surface area (Å²) in [5.74, 6) is -4.50. The molecule has 29 heavy (non-hydrogen) atoms. The number of fused-ring (bicyclic) bond motifs is 3. The van der Waals surface area contributed by atoms with E-state index < -0.39 is 23.4 Å². The molecule has 0 fully saturated rings. The number of amides is 1. The topological polar surface area (TPSA) is 48.0 Å². The Bertz CT molecular complexity index is 1240. The number of nitrogens with two attached hydrogens (primary N) is 1. The molecule has 1 amide bonds. The molecule has 1 heterocycles. The first-order valence-electron chi connectivity index (χ1n) is 9.37. The fourth-order valence-electron chi connectivity index (χ4n) is 3.89. The predicted octanol–water partition coefficient (Wildman–Crippen LogP) is 5.31. The number of hydrogen-bond donors (Lipinski definition) is 1. The summed E-state index contributed by atoms with van der Waals surface area (Å²) in [5, 5.41) is 1.53. The van der Waals surface area contributed by atoms with Gasteiger partial charge in [0.2, 0.25) is 5.91 Å². The summed E-state index contributed by atoms with van der Waals surface area (Å²) in [4.78, 5) is 12.0. The minimum absolute atomic E-state index is 0.117. The van der Waals surface area contributed by atoms with Gasteiger partial charge in [-0.25, -0.2) is 13.2 Å². The summed E-state index contributed by atoms with van der Waals surface area (Å²) in [5.41, 5.74) is 8.89. The van der Waals surface area contributed by atoms with Crippen LogP contribution in [0.15, 0.2) is 48.5 Å². The number of rotatable bonds is 5. The second kappa shape index (κ2) is 7.28. The van der Waals surface area contributed by atoms with E-state index >= 15 is 0 Å². The van der Waals surface area contributed by atoms with Crippen molar-refractivity contribution in [2.75, 3.05) is 0 Å². The summed E-state index contributed by atoms with van der Waals surface area (Å²) in [6.07, 6.45) is 1.84. The highest BCUT2D eigenvalue weighted by atomic mass is 19.2. The molecule has 0 bridgehead atoms. The predicted molar refractivity (Wildman–Crippen MR) is 107 cm³/mol. The van der Waals surface area contributed by atoms with Crippen molar-refractivity contribution in [2.24, 2.45) is 5.73 Å². The van der Waals surface area contributed by atoms with Gasteiger partial charge in [-0.3, -0.25) is 4.79 Å². The van der Waals surface area contributed by atoms with Gasteiger partial charge in [0.25, 0.3) is 0 Å². The largest absolute Gasteiger partial charge is 0.366 e. The SMILES string of the molecule is CCCc1ccc2c3c(C(N)=O)cccc3n(Cc3cc(F)c(F)c(F)c3)c2c1. The number of aromatic nitrogens is 1. The first-order chi connectivity index (χ1) is 13.9. The van der Waals surface area contributed by atoms with Crippen LogP contribution in [0.5, 0.6) is 0 Å². The molecule has 3 aromatic carbocycles. The average molecular weight is 396 g/mol. The molecule has 0 aliphatic heterocycles. The third kappa shape index (κ3) is 3.24. The molecule has 4 rings (SSSR count). The number of primary amides is 1. The maximum atomic E-state index is 13.7. The molecular weight excluding hydrogens is 377 g/mol. The average Bonchev–Trinajstić information content (AvgIpc) is 2.99. The third-order valence-electron chi connectivity index (χ3n) is 5.14. The number of halogens is 3. The monoisotopic (exact) mass is 396 g/mol. The molecule has 0 saturated carbocycles. The van der Waals surface area contributed by atoms with Crippen molar-refractivity contribution in [3.05, 3.63) is 82.7 Å². The molecule has 0 aliphatic rings. The van der Waals surface area contributed by atoms with E-state index in [9.17, 15) is 18.0 Å². The van der Waals surface area contributed by atoms with Crippen LogP contribution >= 0.6 is 0 Å². The molecule has 1 aromatic heterocycles. The first kappa shape index (κ1) is 19.1. The van der Waals surface area contributed by atoms with Crippen LogP contribution in [0.3, 0.4) is 0 Å². The van der Waals surface area contributed by atoms with E-state index in [0.717, 1.165) is 47.0 Å². The molecule has 0 aliphatic carbocycles. The molecular formula is C23H19F3N2O. The van der Waals surface area contributed by atoms with Crippen molar-refractivity contribution in [3.8, 4) is 0 Å². The van der Waals surface area contributed by atoms with Gasteiger partial charge in [-0.15, -0.1) is 0 Å². The Morgan fingerprint density at radius 3 is 2.34 bits per heavy atom. The van der Waals surface area contributed by atoms with Crippen molar-refractivity contribution < 1.29 is 18.0 Å². The normalized spacial score (nSPS) is 11.4. The molecule has 6 heteroatoms. The van der Waals surface area contributed by atoms with E-state index in [4.69, 9.17) is 5.73 Å². The Morgan fingerprint density at radius 2 is 1.69 bits per heavy atom. The van der Waals surface area contributed by atoms with Gasteiger partial charge in [-0.2, -0.15) is 0 Å². The third-order valence-corrected chi connectivity index (χ3v) is 5.14. The number of nitrogens with zero attached hydrogens (tertiary/aromatic N) is 1. The summed E-state index contributed by atoms with van der Waals surface area (Å²) in [7, 11) is 0. The van der Waals surface area contributed by atoms with Crippen LogP contribution in [-0.4, -0.2) is 10.5 Å².